The summed E-state index contributed by atoms with van der Waals surface area (Å²) < 4.78 is 13.0. The van der Waals surface area contributed by atoms with Gasteiger partial charge in [-0.1, -0.05) is 115 Å². The van der Waals surface area contributed by atoms with E-state index in [0.717, 1.165) is 22.2 Å². The summed E-state index contributed by atoms with van der Waals surface area (Å²) in [6.45, 7) is 8.45. The van der Waals surface area contributed by atoms with Gasteiger partial charge in [-0.05, 0) is 78.2 Å². The number of benzene rings is 5. The minimum Gasteiger partial charge on any atom is -0.399 e. The van der Waals surface area contributed by atoms with Crippen molar-refractivity contribution in [3.05, 3.63) is 144 Å². The van der Waals surface area contributed by atoms with Gasteiger partial charge in [-0.3, -0.25) is 0 Å². The van der Waals surface area contributed by atoms with E-state index in [-0.39, 0.29) is 0 Å². The van der Waals surface area contributed by atoms with Crippen molar-refractivity contribution in [2.24, 2.45) is 0 Å². The molecule has 212 valence electrons. The molecular formula is C40H32BNO2. The number of pyridine rings is 1. The van der Waals surface area contributed by atoms with Crippen LogP contribution in [0.5, 0.6) is 0 Å². The van der Waals surface area contributed by atoms with Crippen LogP contribution in [-0.4, -0.2) is 23.3 Å². The molecular weight excluding hydrogens is 537 g/mol. The lowest BCUT2D eigenvalue weighted by Gasteiger charge is -2.32. The van der Waals surface area contributed by atoms with E-state index in [0.29, 0.717) is 0 Å². The molecule has 3 nitrogen and oxygen atoms in total. The van der Waals surface area contributed by atoms with Crippen LogP contribution in [0, 0.1) is 0 Å². The molecule has 3 aliphatic rings. The first kappa shape index (κ1) is 25.9. The maximum Gasteiger partial charge on any atom is 0.494 e. The quantitative estimate of drug-likeness (QED) is 0.196. The van der Waals surface area contributed by atoms with Crippen LogP contribution in [0.4, 0.5) is 0 Å². The lowest BCUT2D eigenvalue weighted by Crippen LogP contribution is -2.41. The van der Waals surface area contributed by atoms with Crippen molar-refractivity contribution >= 4 is 23.5 Å². The maximum absolute atomic E-state index is 6.52. The molecule has 1 aromatic heterocycles. The van der Waals surface area contributed by atoms with Gasteiger partial charge >= 0.3 is 7.12 Å². The van der Waals surface area contributed by atoms with Crippen LogP contribution in [0.15, 0.2) is 121 Å². The van der Waals surface area contributed by atoms with Gasteiger partial charge in [-0.15, -0.1) is 0 Å². The van der Waals surface area contributed by atoms with Gasteiger partial charge in [0.1, 0.15) is 0 Å². The fourth-order valence-corrected chi connectivity index (χ4v) is 7.82. The Morgan fingerprint density at radius 3 is 1.91 bits per heavy atom. The molecule has 0 saturated carbocycles. The second-order valence-electron chi connectivity index (χ2n) is 13.3. The zero-order valence-electron chi connectivity index (χ0n) is 25.4. The first-order chi connectivity index (χ1) is 21.3. The highest BCUT2D eigenvalue weighted by molar-refractivity contribution is 6.62. The van der Waals surface area contributed by atoms with Gasteiger partial charge in [0, 0.05) is 16.5 Å². The summed E-state index contributed by atoms with van der Waals surface area (Å²) in [6.07, 6.45) is 0. The average Bonchev–Trinajstić information content (AvgIpc) is 3.60. The SMILES string of the molecule is CC1(C)OB(c2ccc3c(c2)-c2ccccc2C32c3ccccc3-c3c(-c4ccccc4)nc4ccccc4c32)OC1(C)C. The first-order valence-corrected chi connectivity index (χ1v) is 15.5. The van der Waals surface area contributed by atoms with E-state index < -0.39 is 23.7 Å². The van der Waals surface area contributed by atoms with Crippen LogP contribution in [0.1, 0.15) is 49.9 Å². The van der Waals surface area contributed by atoms with E-state index in [2.05, 4.69) is 149 Å². The number of aromatic nitrogens is 1. The van der Waals surface area contributed by atoms with Crippen LogP contribution in [0.25, 0.3) is 44.4 Å². The van der Waals surface area contributed by atoms with Gasteiger partial charge in [-0.2, -0.15) is 0 Å². The third-order valence-corrected chi connectivity index (χ3v) is 10.5. The van der Waals surface area contributed by atoms with Gasteiger partial charge < -0.3 is 9.31 Å². The molecule has 0 N–H and O–H groups in total. The Kier molecular flexibility index (Phi) is 5.18. The molecule has 1 unspecified atom stereocenters. The van der Waals surface area contributed by atoms with Crippen LogP contribution in [0.2, 0.25) is 0 Å². The largest absolute Gasteiger partial charge is 0.494 e. The first-order valence-electron chi connectivity index (χ1n) is 15.5. The van der Waals surface area contributed by atoms with Crippen molar-refractivity contribution in [1.82, 2.24) is 4.98 Å². The van der Waals surface area contributed by atoms with Crippen LogP contribution in [0.3, 0.4) is 0 Å². The Morgan fingerprint density at radius 1 is 0.568 bits per heavy atom. The minimum atomic E-state index is -0.488. The molecule has 0 amide bonds. The zero-order valence-corrected chi connectivity index (χ0v) is 25.4. The second-order valence-corrected chi connectivity index (χ2v) is 13.3. The Labute approximate surface area is 258 Å². The number of hydrogen-bond acceptors (Lipinski definition) is 3. The molecule has 1 fully saturated rings. The van der Waals surface area contributed by atoms with E-state index in [1.165, 1.54) is 49.9 Å². The fourth-order valence-electron chi connectivity index (χ4n) is 7.82. The third-order valence-electron chi connectivity index (χ3n) is 10.5. The lowest BCUT2D eigenvalue weighted by atomic mass is 9.68. The summed E-state index contributed by atoms with van der Waals surface area (Å²) in [4.78, 5) is 5.34. The molecule has 9 rings (SSSR count). The molecule has 0 bridgehead atoms. The average molecular weight is 570 g/mol. The normalized spacial score (nSPS) is 20.0. The van der Waals surface area contributed by atoms with Crippen molar-refractivity contribution in [3.63, 3.8) is 0 Å². The molecule has 1 atom stereocenters. The highest BCUT2D eigenvalue weighted by atomic mass is 16.7. The highest BCUT2D eigenvalue weighted by Gasteiger charge is 2.55. The van der Waals surface area contributed by atoms with Crippen LogP contribution >= 0.6 is 0 Å². The van der Waals surface area contributed by atoms with E-state index in [1.54, 1.807) is 0 Å². The Hall–Kier alpha value is -4.51. The Morgan fingerprint density at radius 2 is 1.16 bits per heavy atom. The number of fused-ring (bicyclic) bond motifs is 12. The van der Waals surface area contributed by atoms with Crippen molar-refractivity contribution in [3.8, 4) is 33.5 Å². The maximum atomic E-state index is 6.52. The molecule has 2 heterocycles. The monoisotopic (exact) mass is 569 g/mol. The molecule has 1 spiro atoms. The minimum absolute atomic E-state index is 0.404. The predicted molar refractivity (Wildman–Crippen MR) is 179 cm³/mol. The van der Waals surface area contributed by atoms with Gasteiger partial charge in [-0.25, -0.2) is 4.98 Å². The predicted octanol–water partition coefficient (Wildman–Crippen LogP) is 8.54. The van der Waals surface area contributed by atoms with E-state index in [1.807, 2.05) is 0 Å². The van der Waals surface area contributed by atoms with E-state index in [4.69, 9.17) is 14.3 Å². The van der Waals surface area contributed by atoms with Gasteiger partial charge in [0.05, 0.1) is 27.8 Å². The van der Waals surface area contributed by atoms with Crippen molar-refractivity contribution in [2.45, 2.75) is 44.3 Å². The molecule has 2 aliphatic carbocycles. The summed E-state index contributed by atoms with van der Waals surface area (Å²) in [6, 6.07) is 44.0. The molecule has 1 saturated heterocycles. The van der Waals surface area contributed by atoms with Gasteiger partial charge in [0.15, 0.2) is 0 Å². The number of rotatable bonds is 2. The fraction of sp³-hybridized carbons (Fsp3) is 0.175. The second kappa shape index (κ2) is 8.78. The van der Waals surface area contributed by atoms with Crippen LogP contribution in [-0.2, 0) is 14.7 Å². The summed E-state index contributed by atoms with van der Waals surface area (Å²) in [7, 11) is -0.424. The zero-order chi connectivity index (χ0) is 29.8. The molecule has 44 heavy (non-hydrogen) atoms. The lowest BCUT2D eigenvalue weighted by molar-refractivity contribution is 0.00578. The highest BCUT2D eigenvalue weighted by Crippen LogP contribution is 2.65. The van der Waals surface area contributed by atoms with Gasteiger partial charge in [0.2, 0.25) is 0 Å². The Bertz CT molecular complexity index is 2140. The molecule has 4 heteroatoms. The summed E-state index contributed by atoms with van der Waals surface area (Å²) in [5, 5.41) is 1.19. The topological polar surface area (TPSA) is 31.4 Å². The number of hydrogen-bond donors (Lipinski definition) is 0. The number of nitrogens with zero attached hydrogens (tertiary/aromatic N) is 1. The molecule has 6 aromatic rings. The summed E-state index contributed by atoms with van der Waals surface area (Å²) in [5.74, 6) is 0. The summed E-state index contributed by atoms with van der Waals surface area (Å²) in [5.41, 5.74) is 13.1. The molecule has 0 radical (unpaired) electrons. The Balaban J connectivity index is 1.39. The molecule has 5 aromatic carbocycles. The van der Waals surface area contributed by atoms with E-state index >= 15 is 0 Å². The van der Waals surface area contributed by atoms with Crippen molar-refractivity contribution in [1.29, 1.82) is 0 Å². The third kappa shape index (κ3) is 3.22. The summed E-state index contributed by atoms with van der Waals surface area (Å²) >= 11 is 0. The number of para-hydroxylation sites is 1. The van der Waals surface area contributed by atoms with E-state index in [9.17, 15) is 0 Å². The van der Waals surface area contributed by atoms with Crippen molar-refractivity contribution in [2.75, 3.05) is 0 Å². The standard InChI is InChI=1S/C40H32BNO2/c1-38(2)39(3,4)44-41(43-38)26-22-23-33-30(24-26)27-16-8-11-19-31(27)40(33)32-20-12-9-17-28(32)35-36(40)29-18-10-13-21-34(29)42-37(35)25-14-6-5-7-15-25/h5-24H,1-4H3. The smallest absolute Gasteiger partial charge is 0.399 e. The molecule has 1 aliphatic heterocycles. The van der Waals surface area contributed by atoms with Crippen molar-refractivity contribution < 1.29 is 9.31 Å². The van der Waals surface area contributed by atoms with Crippen LogP contribution < -0.4 is 5.46 Å². The van der Waals surface area contributed by atoms with Gasteiger partial charge in [0.25, 0.3) is 0 Å².